The lowest BCUT2D eigenvalue weighted by Gasteiger charge is -2.29. The topological polar surface area (TPSA) is 112 Å². The Morgan fingerprint density at radius 1 is 0.977 bits per heavy atom. The first kappa shape index (κ1) is 36.2. The molecule has 1 aromatic rings. The second-order valence-corrected chi connectivity index (χ2v) is 12.4. The van der Waals surface area contributed by atoms with E-state index in [0.717, 1.165) is 28.8 Å². The second-order valence-electron chi connectivity index (χ2n) is 11.4. The van der Waals surface area contributed by atoms with Crippen molar-refractivity contribution in [3.8, 4) is 12.1 Å². The molecule has 0 aliphatic carbocycles. The summed E-state index contributed by atoms with van der Waals surface area (Å²) >= 11 is 1.17. The number of allylic oxidation sites excluding steroid dienone is 3. The number of nitrogens with zero attached hydrogens (tertiary/aromatic N) is 6. The molecule has 1 aliphatic heterocycles. The number of azo groups is 1. The summed E-state index contributed by atoms with van der Waals surface area (Å²) < 4.78 is 24.3. The lowest BCUT2D eigenvalue weighted by molar-refractivity contribution is -0.870. The van der Waals surface area contributed by atoms with Gasteiger partial charge in [-0.15, -0.1) is 10.2 Å². The summed E-state index contributed by atoms with van der Waals surface area (Å²) in [7, 11) is 6.44. The summed E-state index contributed by atoms with van der Waals surface area (Å²) in [6, 6.07) is 10.2. The van der Waals surface area contributed by atoms with E-state index in [-0.39, 0.29) is 12.2 Å². The fraction of sp³-hybridized carbons (Fsp3) is 0.594. The van der Waals surface area contributed by atoms with Gasteiger partial charge < -0.3 is 28.3 Å². The van der Waals surface area contributed by atoms with Crippen LogP contribution in [0.5, 0.6) is 0 Å². The van der Waals surface area contributed by atoms with Crippen LogP contribution in [0, 0.1) is 29.6 Å². The number of nitriles is 2. The monoisotopic (exact) mass is 611 g/mol. The molecule has 43 heavy (non-hydrogen) atoms. The van der Waals surface area contributed by atoms with Crippen LogP contribution in [0.4, 0.5) is 11.4 Å². The van der Waals surface area contributed by atoms with Crippen molar-refractivity contribution in [2.45, 2.75) is 46.8 Å². The lowest BCUT2D eigenvalue weighted by atomic mass is 10.1. The van der Waals surface area contributed by atoms with Gasteiger partial charge in [-0.3, -0.25) is 0 Å². The Bertz CT molecular complexity index is 1270. The molecule has 0 bridgehead atoms. The Kier molecular flexibility index (Phi) is 15.7. The molecule has 1 unspecified atom stereocenters. The highest BCUT2D eigenvalue weighted by Gasteiger charge is 2.18. The smallest absolute Gasteiger partial charge is 0.168 e. The summed E-state index contributed by atoms with van der Waals surface area (Å²) in [6.45, 7) is 15.5. The third-order valence-corrected chi connectivity index (χ3v) is 7.41. The van der Waals surface area contributed by atoms with Crippen molar-refractivity contribution >= 4 is 23.1 Å². The van der Waals surface area contributed by atoms with E-state index in [9.17, 15) is 10.5 Å². The summed E-state index contributed by atoms with van der Waals surface area (Å²) in [5.74, 6) is 0. The number of rotatable bonds is 19. The molecule has 2 rings (SSSR count). The number of thioether (sulfide) groups is 1. The van der Waals surface area contributed by atoms with Gasteiger partial charge in [-0.25, -0.2) is 0 Å². The first-order valence-corrected chi connectivity index (χ1v) is 15.5. The van der Waals surface area contributed by atoms with Crippen LogP contribution in [0.1, 0.15) is 33.3 Å². The van der Waals surface area contributed by atoms with Crippen LogP contribution in [-0.2, 0) is 18.9 Å². The van der Waals surface area contributed by atoms with Crippen LogP contribution in [0.15, 0.2) is 55.2 Å². The molecule has 234 valence electrons. The van der Waals surface area contributed by atoms with Crippen LogP contribution >= 0.6 is 11.8 Å². The first-order valence-electron chi connectivity index (χ1n) is 14.6. The van der Waals surface area contributed by atoms with Gasteiger partial charge in [-0.05, 0) is 75.7 Å². The van der Waals surface area contributed by atoms with Gasteiger partial charge in [0.25, 0.3) is 0 Å². The van der Waals surface area contributed by atoms with E-state index in [1.54, 1.807) is 6.92 Å². The van der Waals surface area contributed by atoms with Crippen molar-refractivity contribution in [3.63, 3.8) is 0 Å². The standard InChI is InChI=1S/C32H47N6O4S/c1-9-37(22-29(23-42-24(2)3)41-17-16-40-15-14-39-13-12-38(6,7)8)28-10-11-30(25(4)18-28)35-36-32-19-27(20-33)26(5)31(21-34)43-32/h10-11,18,24,29H,9,12-17,22-23H2,1-8H3/q+1/b36-35+. The minimum atomic E-state index is -0.131. The quantitative estimate of drug-likeness (QED) is 0.0824. The largest absolute Gasteiger partial charge is 0.377 e. The van der Waals surface area contributed by atoms with Gasteiger partial charge in [0.15, 0.2) is 5.03 Å². The first-order chi connectivity index (χ1) is 20.5. The van der Waals surface area contributed by atoms with Gasteiger partial charge in [0, 0.05) is 18.8 Å². The average molecular weight is 612 g/mol. The number of aryl methyl sites for hydroxylation is 1. The van der Waals surface area contributed by atoms with Gasteiger partial charge >= 0.3 is 0 Å². The number of hydrogen-bond donors (Lipinski definition) is 0. The van der Waals surface area contributed by atoms with Crippen molar-refractivity contribution in [2.75, 3.05) is 85.3 Å². The van der Waals surface area contributed by atoms with Crippen molar-refractivity contribution in [3.05, 3.63) is 50.6 Å². The predicted octanol–water partition coefficient (Wildman–Crippen LogP) is 5.89. The molecule has 0 radical (unpaired) electrons. The molecule has 0 fully saturated rings. The number of quaternary nitrogens is 1. The van der Waals surface area contributed by atoms with E-state index >= 15 is 0 Å². The minimum absolute atomic E-state index is 0.105. The average Bonchev–Trinajstić information content (AvgIpc) is 2.96. The maximum Gasteiger partial charge on any atom is 0.168 e. The number of ether oxygens (including phenoxy) is 4. The van der Waals surface area contributed by atoms with Crippen LogP contribution < -0.4 is 4.90 Å². The maximum atomic E-state index is 9.38. The molecule has 0 amide bonds. The SMILES string of the molecule is CCN(CC(COC(C)C)OCCOCCOCC[N+](C)(C)C)c1ccc(/N=N/C2=C=C(C#N)C(C)=C(C#N)S2)c(C)c1. The Labute approximate surface area is 261 Å². The van der Waals surface area contributed by atoms with Gasteiger partial charge in [0.1, 0.15) is 24.3 Å². The maximum absolute atomic E-state index is 9.38. The zero-order valence-electron chi connectivity index (χ0n) is 27.0. The fourth-order valence-electron chi connectivity index (χ4n) is 3.87. The highest BCUT2D eigenvalue weighted by atomic mass is 32.2. The molecule has 0 aromatic heterocycles. The van der Waals surface area contributed by atoms with Gasteiger partial charge in [0.05, 0.1) is 83.6 Å². The summed E-state index contributed by atoms with van der Waals surface area (Å²) in [4.78, 5) is 2.68. The molecule has 10 nitrogen and oxygen atoms in total. The Morgan fingerprint density at radius 3 is 2.28 bits per heavy atom. The van der Waals surface area contributed by atoms with Crippen molar-refractivity contribution in [1.29, 1.82) is 10.5 Å². The Balaban J connectivity index is 1.97. The van der Waals surface area contributed by atoms with Crippen LogP contribution in [0.2, 0.25) is 0 Å². The molecular formula is C32H47N6O4S+. The summed E-state index contributed by atoms with van der Waals surface area (Å²) in [5, 5.41) is 27.8. The molecule has 0 saturated heterocycles. The summed E-state index contributed by atoms with van der Waals surface area (Å²) in [6.07, 6.45) is -0.0259. The molecular weight excluding hydrogens is 564 g/mol. The van der Waals surface area contributed by atoms with E-state index in [4.69, 9.17) is 18.9 Å². The molecule has 1 atom stereocenters. The van der Waals surface area contributed by atoms with Gasteiger partial charge in [-0.1, -0.05) is 5.73 Å². The molecule has 1 aromatic carbocycles. The van der Waals surface area contributed by atoms with Gasteiger partial charge in [0.2, 0.25) is 0 Å². The third-order valence-electron chi connectivity index (χ3n) is 6.43. The van der Waals surface area contributed by atoms with Crippen LogP contribution in [0.3, 0.4) is 0 Å². The van der Waals surface area contributed by atoms with Crippen molar-refractivity contribution in [2.24, 2.45) is 10.2 Å². The molecule has 0 spiro atoms. The number of likely N-dealkylation sites (N-methyl/N-ethyl adjacent to an activating group) is 2. The Morgan fingerprint density at radius 2 is 1.67 bits per heavy atom. The zero-order valence-corrected chi connectivity index (χ0v) is 27.8. The number of hydrogen-bond acceptors (Lipinski definition) is 10. The van der Waals surface area contributed by atoms with Crippen molar-refractivity contribution < 1.29 is 23.4 Å². The predicted molar refractivity (Wildman–Crippen MR) is 171 cm³/mol. The normalized spacial score (nSPS) is 14.5. The van der Waals surface area contributed by atoms with Crippen LogP contribution in [-0.4, -0.2) is 97.1 Å². The Hall–Kier alpha value is -2.99. The molecule has 11 heteroatoms. The molecule has 1 heterocycles. The molecule has 1 aliphatic rings. The summed E-state index contributed by atoms with van der Waals surface area (Å²) in [5.41, 5.74) is 6.55. The molecule has 0 N–H and O–H groups in total. The van der Waals surface area contributed by atoms with E-state index in [1.165, 1.54) is 11.8 Å². The second kappa shape index (κ2) is 18.6. The minimum Gasteiger partial charge on any atom is -0.377 e. The van der Waals surface area contributed by atoms with E-state index < -0.39 is 0 Å². The van der Waals surface area contributed by atoms with Crippen LogP contribution in [0.25, 0.3) is 0 Å². The van der Waals surface area contributed by atoms with E-state index in [2.05, 4.69) is 67.1 Å². The lowest BCUT2D eigenvalue weighted by Crippen LogP contribution is -2.38. The number of benzene rings is 1. The third kappa shape index (κ3) is 13.5. The fourth-order valence-corrected chi connectivity index (χ4v) is 4.60. The highest BCUT2D eigenvalue weighted by molar-refractivity contribution is 8.07. The zero-order chi connectivity index (χ0) is 31.8. The van der Waals surface area contributed by atoms with E-state index in [1.807, 2.05) is 32.9 Å². The van der Waals surface area contributed by atoms with E-state index in [0.29, 0.717) is 73.0 Å². The molecule has 0 saturated carbocycles. The number of anilines is 1. The highest BCUT2D eigenvalue weighted by Crippen LogP contribution is 2.35. The van der Waals surface area contributed by atoms with Crippen molar-refractivity contribution in [1.82, 2.24) is 0 Å². The van der Waals surface area contributed by atoms with Gasteiger partial charge in [-0.2, -0.15) is 10.5 Å².